The van der Waals surface area contributed by atoms with Crippen LogP contribution < -0.4 is 10.6 Å². The lowest BCUT2D eigenvalue weighted by atomic mass is 10.1. The van der Waals surface area contributed by atoms with Gasteiger partial charge in [0.1, 0.15) is 0 Å². The zero-order valence-electron chi connectivity index (χ0n) is 9.84. The van der Waals surface area contributed by atoms with Crippen LogP contribution in [0.2, 0.25) is 0 Å². The molecule has 6 heteroatoms. The summed E-state index contributed by atoms with van der Waals surface area (Å²) in [6, 6.07) is 1.04. The van der Waals surface area contributed by atoms with Gasteiger partial charge in [-0.1, -0.05) is 5.10 Å². The molecule has 2 atom stereocenters. The summed E-state index contributed by atoms with van der Waals surface area (Å²) in [6.45, 7) is 2.12. The van der Waals surface area contributed by atoms with Gasteiger partial charge in [-0.15, -0.1) is 5.10 Å². The maximum absolute atomic E-state index is 5.76. The fraction of sp³-hybridized carbons (Fsp3) is 0.818. The molecule has 94 valence electrons. The molecular weight excluding hydrogens is 220 g/mol. The average Bonchev–Trinajstić information content (AvgIpc) is 2.96. The first-order chi connectivity index (χ1) is 8.38. The molecule has 0 bridgehead atoms. The topological polar surface area (TPSA) is 77.4 Å². The van der Waals surface area contributed by atoms with Crippen molar-refractivity contribution in [2.24, 2.45) is 5.73 Å². The second kappa shape index (κ2) is 4.62. The molecule has 2 aliphatic rings. The Hall–Kier alpha value is -1.14. The third-order valence-corrected chi connectivity index (χ3v) is 3.54. The summed E-state index contributed by atoms with van der Waals surface area (Å²) in [4.78, 5) is 2.20. The summed E-state index contributed by atoms with van der Waals surface area (Å²) in [6.07, 6.45) is 4.50. The van der Waals surface area contributed by atoms with E-state index in [1.54, 1.807) is 0 Å². The molecule has 1 saturated carbocycles. The van der Waals surface area contributed by atoms with Crippen LogP contribution >= 0.6 is 0 Å². The normalized spacial score (nSPS) is 28.4. The molecule has 6 nitrogen and oxygen atoms in total. The Kier molecular flexibility index (Phi) is 2.98. The molecule has 3 rings (SSSR count). The first kappa shape index (κ1) is 11.0. The Morgan fingerprint density at radius 3 is 3.18 bits per heavy atom. The maximum atomic E-state index is 5.76. The zero-order valence-corrected chi connectivity index (χ0v) is 9.84. The summed E-state index contributed by atoms with van der Waals surface area (Å²) < 4.78 is 11.4. The molecule has 2 heterocycles. The molecular formula is C11H18N4O2. The summed E-state index contributed by atoms with van der Waals surface area (Å²) >= 11 is 0. The second-order valence-electron chi connectivity index (χ2n) is 4.62. The van der Waals surface area contributed by atoms with Crippen molar-refractivity contribution in [2.75, 3.05) is 24.6 Å². The third-order valence-electron chi connectivity index (χ3n) is 3.54. The highest BCUT2D eigenvalue weighted by molar-refractivity contribution is 5.29. The molecule has 1 saturated heterocycles. The van der Waals surface area contributed by atoms with E-state index in [2.05, 4.69) is 15.1 Å². The summed E-state index contributed by atoms with van der Waals surface area (Å²) in [5, 5.41) is 8.13. The van der Waals surface area contributed by atoms with Crippen molar-refractivity contribution in [1.29, 1.82) is 0 Å². The monoisotopic (exact) mass is 238 g/mol. The van der Waals surface area contributed by atoms with E-state index < -0.39 is 0 Å². The number of rotatable bonds is 3. The SMILES string of the molecule is NCCc1nnc(N2CCOC3CCCC32)o1. The van der Waals surface area contributed by atoms with Crippen molar-refractivity contribution in [3.05, 3.63) is 5.89 Å². The van der Waals surface area contributed by atoms with Gasteiger partial charge in [0.15, 0.2) is 0 Å². The van der Waals surface area contributed by atoms with Gasteiger partial charge in [-0.05, 0) is 19.3 Å². The van der Waals surface area contributed by atoms with Crippen molar-refractivity contribution >= 4 is 6.01 Å². The number of anilines is 1. The van der Waals surface area contributed by atoms with Gasteiger partial charge in [0.25, 0.3) is 0 Å². The highest BCUT2D eigenvalue weighted by Crippen LogP contribution is 2.32. The number of morpholine rings is 1. The lowest BCUT2D eigenvalue weighted by Crippen LogP contribution is -2.48. The van der Waals surface area contributed by atoms with Gasteiger partial charge in [-0.3, -0.25) is 0 Å². The van der Waals surface area contributed by atoms with E-state index in [9.17, 15) is 0 Å². The first-order valence-electron chi connectivity index (χ1n) is 6.29. The molecule has 2 N–H and O–H groups in total. The average molecular weight is 238 g/mol. The highest BCUT2D eigenvalue weighted by Gasteiger charge is 2.38. The van der Waals surface area contributed by atoms with Crippen molar-refractivity contribution in [3.63, 3.8) is 0 Å². The Labute approximate surface area is 100 Å². The van der Waals surface area contributed by atoms with Crippen LogP contribution in [0.4, 0.5) is 6.01 Å². The number of ether oxygens (including phenoxy) is 1. The predicted octanol–water partition coefficient (Wildman–Crippen LogP) is 0.329. The van der Waals surface area contributed by atoms with Gasteiger partial charge in [0.2, 0.25) is 5.89 Å². The fourth-order valence-electron chi connectivity index (χ4n) is 2.75. The molecule has 1 aliphatic heterocycles. The lowest BCUT2D eigenvalue weighted by Gasteiger charge is -2.36. The van der Waals surface area contributed by atoms with E-state index in [4.69, 9.17) is 14.9 Å². The van der Waals surface area contributed by atoms with Crippen LogP contribution in [0.5, 0.6) is 0 Å². The number of nitrogens with two attached hydrogens (primary N) is 1. The number of nitrogens with zero attached hydrogens (tertiary/aromatic N) is 3. The summed E-state index contributed by atoms with van der Waals surface area (Å²) in [5.74, 6) is 0.628. The summed E-state index contributed by atoms with van der Waals surface area (Å²) in [7, 11) is 0. The molecule has 17 heavy (non-hydrogen) atoms. The zero-order chi connectivity index (χ0) is 11.7. The minimum Gasteiger partial charge on any atom is -0.408 e. The van der Waals surface area contributed by atoms with Crippen molar-refractivity contribution in [3.8, 4) is 0 Å². The molecule has 0 radical (unpaired) electrons. The van der Waals surface area contributed by atoms with Gasteiger partial charge in [-0.25, -0.2) is 0 Å². The molecule has 2 fully saturated rings. The molecule has 0 amide bonds. The molecule has 0 spiro atoms. The van der Waals surface area contributed by atoms with E-state index in [0.717, 1.165) is 26.0 Å². The second-order valence-corrected chi connectivity index (χ2v) is 4.62. The first-order valence-corrected chi connectivity index (χ1v) is 6.29. The van der Waals surface area contributed by atoms with Gasteiger partial charge >= 0.3 is 6.01 Å². The van der Waals surface area contributed by atoms with Crippen LogP contribution in [0.3, 0.4) is 0 Å². The molecule has 1 aliphatic carbocycles. The standard InChI is InChI=1S/C11H18N4O2/c12-5-4-10-13-14-11(17-10)15-6-7-16-9-3-1-2-8(9)15/h8-9H,1-7,12H2. The number of fused-ring (bicyclic) bond motifs is 1. The quantitative estimate of drug-likeness (QED) is 0.817. The number of aromatic nitrogens is 2. The third kappa shape index (κ3) is 2.02. The minimum absolute atomic E-state index is 0.341. The minimum atomic E-state index is 0.341. The molecule has 0 aromatic carbocycles. The van der Waals surface area contributed by atoms with Crippen molar-refractivity contribution in [1.82, 2.24) is 10.2 Å². The van der Waals surface area contributed by atoms with E-state index in [-0.39, 0.29) is 0 Å². The van der Waals surface area contributed by atoms with E-state index in [0.29, 0.717) is 37.0 Å². The Morgan fingerprint density at radius 2 is 2.29 bits per heavy atom. The Bertz CT molecular complexity index is 381. The lowest BCUT2D eigenvalue weighted by molar-refractivity contribution is 0.0235. The van der Waals surface area contributed by atoms with Crippen LogP contribution in [0, 0.1) is 0 Å². The van der Waals surface area contributed by atoms with Crippen LogP contribution in [-0.2, 0) is 11.2 Å². The van der Waals surface area contributed by atoms with Gasteiger partial charge in [0, 0.05) is 19.5 Å². The van der Waals surface area contributed by atoms with E-state index >= 15 is 0 Å². The van der Waals surface area contributed by atoms with E-state index in [1.165, 1.54) is 6.42 Å². The predicted molar refractivity (Wildman–Crippen MR) is 61.8 cm³/mol. The molecule has 1 aromatic heterocycles. The fourth-order valence-corrected chi connectivity index (χ4v) is 2.75. The summed E-state index contributed by atoms with van der Waals surface area (Å²) in [5.41, 5.74) is 5.47. The smallest absolute Gasteiger partial charge is 0.318 e. The molecule has 2 unspecified atom stereocenters. The van der Waals surface area contributed by atoms with Crippen LogP contribution in [0.15, 0.2) is 4.42 Å². The number of hydrogen-bond donors (Lipinski definition) is 1. The highest BCUT2D eigenvalue weighted by atomic mass is 16.5. The molecule has 1 aromatic rings. The van der Waals surface area contributed by atoms with E-state index in [1.807, 2.05) is 0 Å². The van der Waals surface area contributed by atoms with Crippen LogP contribution in [-0.4, -0.2) is 42.0 Å². The largest absolute Gasteiger partial charge is 0.408 e. The Morgan fingerprint density at radius 1 is 1.35 bits per heavy atom. The Balaban J connectivity index is 1.77. The van der Waals surface area contributed by atoms with Gasteiger partial charge in [0.05, 0.1) is 18.8 Å². The van der Waals surface area contributed by atoms with Gasteiger partial charge in [-0.2, -0.15) is 0 Å². The number of hydrogen-bond acceptors (Lipinski definition) is 6. The maximum Gasteiger partial charge on any atom is 0.318 e. The van der Waals surface area contributed by atoms with Crippen molar-refractivity contribution in [2.45, 2.75) is 37.8 Å². The van der Waals surface area contributed by atoms with Gasteiger partial charge < -0.3 is 19.8 Å². The van der Waals surface area contributed by atoms with Crippen LogP contribution in [0.25, 0.3) is 0 Å². The van der Waals surface area contributed by atoms with Crippen molar-refractivity contribution < 1.29 is 9.15 Å². The van der Waals surface area contributed by atoms with Crippen LogP contribution in [0.1, 0.15) is 25.2 Å².